The number of hydrogen-bond acceptors (Lipinski definition) is 7. The van der Waals surface area contributed by atoms with Gasteiger partial charge in [-0.05, 0) is 35.9 Å². The second kappa shape index (κ2) is 8.14. The maximum Gasteiger partial charge on any atom is 0.251 e. The van der Waals surface area contributed by atoms with Gasteiger partial charge in [-0.15, -0.1) is 11.3 Å². The van der Waals surface area contributed by atoms with Gasteiger partial charge in [-0.1, -0.05) is 0 Å². The minimum Gasteiger partial charge on any atom is -0.492 e. The van der Waals surface area contributed by atoms with Gasteiger partial charge in [0.25, 0.3) is 5.91 Å². The van der Waals surface area contributed by atoms with Gasteiger partial charge >= 0.3 is 0 Å². The molecule has 0 unspecified atom stereocenters. The van der Waals surface area contributed by atoms with E-state index in [1.165, 1.54) is 17.5 Å². The first kappa shape index (κ1) is 18.7. The number of nitrogens with two attached hydrogens (primary N) is 2. The Morgan fingerprint density at radius 2 is 2.00 bits per heavy atom. The van der Waals surface area contributed by atoms with Crippen molar-refractivity contribution in [1.82, 2.24) is 9.88 Å². The molecule has 0 bridgehead atoms. The Bertz CT molecular complexity index is 981. The van der Waals surface area contributed by atoms with E-state index in [0.717, 1.165) is 59.1 Å². The highest BCUT2D eigenvalue weighted by Gasteiger charge is 2.15. The van der Waals surface area contributed by atoms with E-state index in [9.17, 15) is 4.79 Å². The first-order valence-corrected chi connectivity index (χ1v) is 9.94. The molecule has 146 valence electrons. The van der Waals surface area contributed by atoms with Crippen molar-refractivity contribution >= 4 is 33.1 Å². The fourth-order valence-corrected chi connectivity index (χ4v) is 4.38. The molecule has 1 aliphatic rings. The van der Waals surface area contributed by atoms with Gasteiger partial charge in [0.05, 0.1) is 23.5 Å². The summed E-state index contributed by atoms with van der Waals surface area (Å²) < 4.78 is 12.0. The number of nitrogen functional groups attached to an aromatic ring is 1. The number of ether oxygens (including phenoxy) is 2. The average Bonchev–Trinajstić information content (AvgIpc) is 3.15. The number of primary amides is 1. The first-order valence-electron chi connectivity index (χ1n) is 9.13. The van der Waals surface area contributed by atoms with Crippen LogP contribution in [-0.4, -0.2) is 55.2 Å². The summed E-state index contributed by atoms with van der Waals surface area (Å²) in [6.45, 7) is 5.04. The van der Waals surface area contributed by atoms with Crippen LogP contribution in [0.2, 0.25) is 0 Å². The van der Waals surface area contributed by atoms with Crippen molar-refractivity contribution in [3.05, 3.63) is 42.1 Å². The number of anilines is 1. The number of benzene rings is 1. The third kappa shape index (κ3) is 3.94. The number of carbonyl (C=O) groups is 1. The van der Waals surface area contributed by atoms with E-state index in [-0.39, 0.29) is 0 Å². The van der Waals surface area contributed by atoms with Crippen molar-refractivity contribution in [2.75, 3.05) is 45.2 Å². The number of amides is 1. The van der Waals surface area contributed by atoms with Crippen LogP contribution < -0.4 is 16.2 Å². The van der Waals surface area contributed by atoms with E-state index in [4.69, 9.17) is 20.9 Å². The lowest BCUT2D eigenvalue weighted by Crippen LogP contribution is -2.38. The van der Waals surface area contributed by atoms with Gasteiger partial charge in [-0.2, -0.15) is 0 Å². The number of aromatic nitrogens is 1. The molecule has 1 aliphatic heterocycles. The van der Waals surface area contributed by atoms with E-state index in [1.54, 1.807) is 0 Å². The molecule has 1 amide bonds. The monoisotopic (exact) mass is 398 g/mol. The molecule has 0 radical (unpaired) electrons. The molecule has 3 aromatic rings. The number of hydrogen-bond donors (Lipinski definition) is 2. The fraction of sp³-hybridized carbons (Fsp3) is 0.300. The highest BCUT2D eigenvalue weighted by molar-refractivity contribution is 7.22. The van der Waals surface area contributed by atoms with Gasteiger partial charge in [0.15, 0.2) is 0 Å². The molecule has 0 aliphatic carbocycles. The van der Waals surface area contributed by atoms with Crippen molar-refractivity contribution in [2.45, 2.75) is 0 Å². The number of morpholine rings is 1. The molecule has 1 saturated heterocycles. The number of rotatable bonds is 6. The van der Waals surface area contributed by atoms with Crippen LogP contribution in [-0.2, 0) is 4.74 Å². The lowest BCUT2D eigenvalue weighted by Gasteiger charge is -2.26. The number of fused-ring (bicyclic) bond motifs is 1. The Hall–Kier alpha value is -2.68. The van der Waals surface area contributed by atoms with Crippen LogP contribution in [0.15, 0.2) is 36.5 Å². The minimum absolute atomic E-state index is 0.392. The van der Waals surface area contributed by atoms with Gasteiger partial charge in [-0.25, -0.2) is 4.98 Å². The SMILES string of the molecule is NC(=O)c1cnc(N)c2cc(-c3ccc(OCCN4CCOCC4)cc3)sc12. The van der Waals surface area contributed by atoms with E-state index in [0.29, 0.717) is 18.0 Å². The molecule has 0 spiro atoms. The van der Waals surface area contributed by atoms with Crippen LogP contribution in [0.4, 0.5) is 5.82 Å². The molecular formula is C20H22N4O3S. The summed E-state index contributed by atoms with van der Waals surface area (Å²) in [5, 5.41) is 0.752. The standard InChI is InChI=1S/C20H22N4O3S/c21-19-15-11-17(28-18(15)16(12-23-19)20(22)25)13-1-3-14(4-2-13)27-10-7-24-5-8-26-9-6-24/h1-4,11-12H,5-10H2,(H2,21,23)(H2,22,25). The Morgan fingerprint density at radius 1 is 1.25 bits per heavy atom. The second-order valence-electron chi connectivity index (χ2n) is 6.60. The number of nitrogens with zero attached hydrogens (tertiary/aromatic N) is 2. The van der Waals surface area contributed by atoms with Crippen LogP contribution >= 0.6 is 11.3 Å². The Morgan fingerprint density at radius 3 is 2.71 bits per heavy atom. The summed E-state index contributed by atoms with van der Waals surface area (Å²) in [7, 11) is 0. The second-order valence-corrected chi connectivity index (χ2v) is 7.65. The zero-order chi connectivity index (χ0) is 19.5. The van der Waals surface area contributed by atoms with Crippen molar-refractivity contribution < 1.29 is 14.3 Å². The highest BCUT2D eigenvalue weighted by atomic mass is 32.1. The normalized spacial score (nSPS) is 15.0. The van der Waals surface area contributed by atoms with Crippen LogP contribution in [0.5, 0.6) is 5.75 Å². The molecule has 0 atom stereocenters. The van der Waals surface area contributed by atoms with Crippen molar-refractivity contribution in [1.29, 1.82) is 0 Å². The third-order valence-electron chi connectivity index (χ3n) is 4.77. The van der Waals surface area contributed by atoms with Crippen LogP contribution in [0.1, 0.15) is 10.4 Å². The molecule has 7 nitrogen and oxygen atoms in total. The van der Waals surface area contributed by atoms with Crippen LogP contribution in [0.25, 0.3) is 20.5 Å². The van der Waals surface area contributed by atoms with Crippen molar-refractivity contribution in [2.24, 2.45) is 5.73 Å². The smallest absolute Gasteiger partial charge is 0.251 e. The largest absolute Gasteiger partial charge is 0.492 e. The minimum atomic E-state index is -0.505. The van der Waals surface area contributed by atoms with Crippen LogP contribution in [0, 0.1) is 0 Å². The maximum atomic E-state index is 11.7. The maximum absolute atomic E-state index is 11.7. The molecule has 8 heteroatoms. The topological polar surface area (TPSA) is 104 Å². The summed E-state index contributed by atoms with van der Waals surface area (Å²) in [5.74, 6) is 0.720. The van der Waals surface area contributed by atoms with Gasteiger partial charge in [-0.3, -0.25) is 9.69 Å². The average molecular weight is 398 g/mol. The van der Waals surface area contributed by atoms with E-state index < -0.39 is 5.91 Å². The fourth-order valence-electron chi connectivity index (χ4n) is 3.19. The van der Waals surface area contributed by atoms with Gasteiger partial charge < -0.3 is 20.9 Å². The lowest BCUT2D eigenvalue weighted by atomic mass is 10.1. The van der Waals surface area contributed by atoms with Gasteiger partial charge in [0.1, 0.15) is 18.2 Å². The number of carbonyl (C=O) groups excluding carboxylic acids is 1. The molecule has 1 aromatic carbocycles. The summed E-state index contributed by atoms with van der Waals surface area (Å²) >= 11 is 1.48. The molecule has 28 heavy (non-hydrogen) atoms. The van der Waals surface area contributed by atoms with Crippen LogP contribution in [0.3, 0.4) is 0 Å². The zero-order valence-electron chi connectivity index (χ0n) is 15.4. The third-order valence-corrected chi connectivity index (χ3v) is 5.99. The van der Waals surface area contributed by atoms with Gasteiger partial charge in [0, 0.05) is 36.1 Å². The Labute approximate surface area is 166 Å². The first-order chi connectivity index (χ1) is 13.6. The van der Waals surface area contributed by atoms with E-state index in [1.807, 2.05) is 30.3 Å². The summed E-state index contributed by atoms with van der Waals surface area (Å²) in [4.78, 5) is 19.1. The molecule has 0 saturated carbocycles. The number of pyridine rings is 1. The highest BCUT2D eigenvalue weighted by Crippen LogP contribution is 2.37. The lowest BCUT2D eigenvalue weighted by molar-refractivity contribution is 0.0322. The number of thiophene rings is 1. The molecule has 4 N–H and O–H groups in total. The van der Waals surface area contributed by atoms with Gasteiger partial charge in [0.2, 0.25) is 0 Å². The zero-order valence-corrected chi connectivity index (χ0v) is 16.2. The van der Waals surface area contributed by atoms with E-state index in [2.05, 4.69) is 9.88 Å². The predicted molar refractivity (Wildman–Crippen MR) is 111 cm³/mol. The summed E-state index contributed by atoms with van der Waals surface area (Å²) in [5.41, 5.74) is 12.8. The Balaban J connectivity index is 1.47. The molecule has 3 heterocycles. The summed E-state index contributed by atoms with van der Waals surface area (Å²) in [6, 6.07) is 9.86. The summed E-state index contributed by atoms with van der Waals surface area (Å²) in [6.07, 6.45) is 1.44. The molecule has 1 fully saturated rings. The molecular weight excluding hydrogens is 376 g/mol. The van der Waals surface area contributed by atoms with Crippen molar-refractivity contribution in [3.8, 4) is 16.2 Å². The quantitative estimate of drug-likeness (QED) is 0.661. The molecule has 2 aromatic heterocycles. The van der Waals surface area contributed by atoms with E-state index >= 15 is 0 Å². The molecule has 4 rings (SSSR count). The predicted octanol–water partition coefficient (Wildman–Crippen LogP) is 2.36. The van der Waals surface area contributed by atoms with Crippen molar-refractivity contribution in [3.63, 3.8) is 0 Å². The Kier molecular flexibility index (Phi) is 5.43.